The summed E-state index contributed by atoms with van der Waals surface area (Å²) in [5.41, 5.74) is 1.45. The summed E-state index contributed by atoms with van der Waals surface area (Å²) in [4.78, 5) is 12.5. The number of benzene rings is 3. The van der Waals surface area contributed by atoms with E-state index in [1.54, 1.807) is 12.7 Å². The molecule has 2 aromatic heterocycles. The van der Waals surface area contributed by atoms with Gasteiger partial charge in [0.15, 0.2) is 0 Å². The molecular formula is C30H18F5IrN6. The third-order valence-electron chi connectivity index (χ3n) is 5.63. The Kier molecular flexibility index (Phi) is 9.72. The second kappa shape index (κ2) is 13.4. The molecule has 0 aliphatic carbocycles. The van der Waals surface area contributed by atoms with Gasteiger partial charge < -0.3 is 9.91 Å². The van der Waals surface area contributed by atoms with Gasteiger partial charge in [-0.05, 0) is 18.2 Å². The maximum absolute atomic E-state index is 13.1. The van der Waals surface area contributed by atoms with Crippen molar-refractivity contribution in [3.8, 4) is 11.4 Å². The number of hydrazone groups is 1. The quantitative estimate of drug-likeness (QED) is 0.114. The van der Waals surface area contributed by atoms with Crippen molar-refractivity contribution in [1.82, 2.24) is 15.0 Å². The minimum Gasteiger partial charge on any atom is -0.456 e. The summed E-state index contributed by atoms with van der Waals surface area (Å²) < 4.78 is 63.9. The molecule has 0 saturated carbocycles. The van der Waals surface area contributed by atoms with Crippen LogP contribution in [0.2, 0.25) is 0 Å². The van der Waals surface area contributed by atoms with Crippen LogP contribution in [0.15, 0.2) is 108 Å². The summed E-state index contributed by atoms with van der Waals surface area (Å²) in [6, 6.07) is 30.1. The van der Waals surface area contributed by atoms with Crippen LogP contribution in [-0.4, -0.2) is 20.8 Å². The predicted molar refractivity (Wildman–Crippen MR) is 143 cm³/mol. The third-order valence-corrected chi connectivity index (χ3v) is 5.63. The van der Waals surface area contributed by atoms with E-state index >= 15 is 0 Å². The van der Waals surface area contributed by atoms with Gasteiger partial charge in [-0.2, -0.15) is 36.5 Å². The number of hydrogen-bond acceptors (Lipinski definition) is 6. The van der Waals surface area contributed by atoms with Crippen LogP contribution in [0, 0.1) is 30.7 Å². The Hall–Kier alpha value is -4.54. The van der Waals surface area contributed by atoms with Crippen molar-refractivity contribution in [2.24, 2.45) is 5.10 Å². The van der Waals surface area contributed by atoms with Crippen LogP contribution in [-0.2, 0) is 26.3 Å². The summed E-state index contributed by atoms with van der Waals surface area (Å²) in [6.45, 7) is 1.73. The van der Waals surface area contributed by atoms with Crippen LogP contribution in [0.3, 0.4) is 0 Å². The van der Waals surface area contributed by atoms with Crippen LogP contribution in [0.5, 0.6) is 0 Å². The van der Waals surface area contributed by atoms with E-state index in [4.69, 9.17) is 0 Å². The van der Waals surface area contributed by atoms with Gasteiger partial charge in [-0.25, -0.2) is 8.78 Å². The van der Waals surface area contributed by atoms with Gasteiger partial charge in [-0.3, -0.25) is 15.0 Å². The average molecular weight is 750 g/mol. The number of nitrogens with zero attached hydrogens (tertiary/aromatic N) is 6. The minimum atomic E-state index is -4.39. The monoisotopic (exact) mass is 750 g/mol. The maximum atomic E-state index is 13.1. The Balaban J connectivity index is 0.000000228. The molecule has 0 amide bonds. The molecular weight excluding hydrogens is 732 g/mol. The Morgan fingerprint density at radius 3 is 2.02 bits per heavy atom. The second-order valence-electron chi connectivity index (χ2n) is 8.38. The van der Waals surface area contributed by atoms with Gasteiger partial charge in [0.2, 0.25) is 0 Å². The molecule has 0 N–H and O–H groups in total. The van der Waals surface area contributed by atoms with Gasteiger partial charge in [-0.15, -0.1) is 18.8 Å². The number of aromatic nitrogens is 3. The van der Waals surface area contributed by atoms with Gasteiger partial charge in [0.25, 0.3) is 0 Å². The molecule has 1 aliphatic heterocycles. The minimum absolute atomic E-state index is 0. The van der Waals surface area contributed by atoms with Gasteiger partial charge in [0, 0.05) is 23.6 Å². The third kappa shape index (κ3) is 7.20. The molecule has 0 atom stereocenters. The van der Waals surface area contributed by atoms with Crippen molar-refractivity contribution in [2.75, 3.05) is 9.91 Å². The first-order valence-corrected chi connectivity index (χ1v) is 12.0. The van der Waals surface area contributed by atoms with Crippen molar-refractivity contribution < 1.29 is 42.1 Å². The van der Waals surface area contributed by atoms with Gasteiger partial charge >= 0.3 is 26.3 Å². The first kappa shape index (κ1) is 30.4. The number of amidine groups is 1. The predicted octanol–water partition coefficient (Wildman–Crippen LogP) is 6.93. The topological polar surface area (TPSA) is 57.5 Å². The molecule has 6 nitrogen and oxygen atoms in total. The van der Waals surface area contributed by atoms with Crippen LogP contribution in [0.25, 0.3) is 11.4 Å². The standard InChI is InChI=1S/C21H14F3N3.C9H4F2N3.Ir/c22-21(23,24)17-11-13-19(14-12-17)27-15-26(18-9-5-2-6-10-18)20(25-27)16-7-3-1-4-8-16;10-7-3-2-6(8(11)14-7)9-12-4-1-5-13-9;/h1-13,15H;1,3-5H;/q-2;-1;+3. The first-order chi connectivity index (χ1) is 19.8. The molecule has 0 saturated heterocycles. The van der Waals surface area contributed by atoms with Crippen molar-refractivity contribution in [1.29, 1.82) is 0 Å². The smallest absolute Gasteiger partial charge is 0.456 e. The molecule has 3 heterocycles. The molecule has 0 bridgehead atoms. The molecule has 0 fully saturated rings. The van der Waals surface area contributed by atoms with E-state index in [1.807, 2.05) is 65.6 Å². The normalized spacial score (nSPS) is 12.6. The zero-order valence-electron chi connectivity index (χ0n) is 21.3. The van der Waals surface area contributed by atoms with E-state index in [0.29, 0.717) is 11.5 Å². The van der Waals surface area contributed by atoms with Crippen molar-refractivity contribution >= 4 is 17.2 Å². The molecule has 0 radical (unpaired) electrons. The molecule has 212 valence electrons. The SMILES string of the molecule is FC(F)(F)c1c[c-]c(N2[CH-]N(c3ccccc3)C(c3ccccc3)=N2)cc1.Fc1c[c-]c(-c2ncccn2)c(F)n1.[Ir+3]. The van der Waals surface area contributed by atoms with E-state index in [2.05, 4.69) is 32.2 Å². The zero-order chi connectivity index (χ0) is 28.8. The number of anilines is 2. The van der Waals surface area contributed by atoms with Gasteiger partial charge in [0.1, 0.15) is 17.7 Å². The van der Waals surface area contributed by atoms with E-state index in [1.165, 1.54) is 23.5 Å². The van der Waals surface area contributed by atoms with E-state index < -0.39 is 23.6 Å². The molecule has 12 heteroatoms. The fraction of sp³-hybridized carbons (Fsp3) is 0.0333. The summed E-state index contributed by atoms with van der Waals surface area (Å²) in [5, 5.41) is 6.11. The largest absolute Gasteiger partial charge is 3.00 e. The molecule has 6 rings (SSSR count). The summed E-state index contributed by atoms with van der Waals surface area (Å²) >= 11 is 0. The van der Waals surface area contributed by atoms with Crippen LogP contribution < -0.4 is 9.91 Å². The molecule has 0 spiro atoms. The molecule has 5 aromatic rings. The van der Waals surface area contributed by atoms with Crippen LogP contribution >= 0.6 is 0 Å². The Morgan fingerprint density at radius 1 is 0.762 bits per heavy atom. The first-order valence-electron chi connectivity index (χ1n) is 12.0. The Labute approximate surface area is 251 Å². The van der Waals surface area contributed by atoms with Gasteiger partial charge in [-0.1, -0.05) is 71.4 Å². The average Bonchev–Trinajstić information content (AvgIpc) is 3.44. The van der Waals surface area contributed by atoms with Crippen LogP contribution in [0.1, 0.15) is 11.1 Å². The molecule has 0 unspecified atom stereocenters. The summed E-state index contributed by atoms with van der Waals surface area (Å²) in [6.07, 6.45) is -1.48. The second-order valence-corrected chi connectivity index (χ2v) is 8.38. The number of hydrogen-bond donors (Lipinski definition) is 0. The zero-order valence-corrected chi connectivity index (χ0v) is 23.7. The number of rotatable bonds is 4. The van der Waals surface area contributed by atoms with Crippen molar-refractivity contribution in [2.45, 2.75) is 6.18 Å². The molecule has 3 aromatic carbocycles. The van der Waals surface area contributed by atoms with E-state index in [9.17, 15) is 22.0 Å². The van der Waals surface area contributed by atoms with Crippen LogP contribution in [0.4, 0.5) is 33.3 Å². The molecule has 1 aliphatic rings. The fourth-order valence-corrected chi connectivity index (χ4v) is 3.71. The number of halogens is 5. The number of alkyl halides is 3. The summed E-state index contributed by atoms with van der Waals surface area (Å²) in [7, 11) is 0. The van der Waals surface area contributed by atoms with Gasteiger partial charge in [0.05, 0.1) is 5.82 Å². The summed E-state index contributed by atoms with van der Waals surface area (Å²) in [5.74, 6) is -1.06. The molecule has 42 heavy (non-hydrogen) atoms. The van der Waals surface area contributed by atoms with E-state index in [-0.39, 0.29) is 31.5 Å². The Morgan fingerprint density at radius 2 is 1.43 bits per heavy atom. The van der Waals surface area contributed by atoms with Crippen molar-refractivity contribution in [3.63, 3.8) is 0 Å². The number of pyridine rings is 1. The van der Waals surface area contributed by atoms with Crippen molar-refractivity contribution in [3.05, 3.63) is 145 Å². The Bertz CT molecular complexity index is 1620. The van der Waals surface area contributed by atoms with E-state index in [0.717, 1.165) is 29.4 Å². The maximum Gasteiger partial charge on any atom is 3.00 e. The number of para-hydroxylation sites is 1. The fourth-order valence-electron chi connectivity index (χ4n) is 3.71.